The summed E-state index contributed by atoms with van der Waals surface area (Å²) in [5.74, 6) is 0.321. The molecular weight excluding hydrogens is 345 g/mol. The number of aromatic nitrogens is 3. The van der Waals surface area contributed by atoms with Crippen LogP contribution in [0.25, 0.3) is 16.9 Å². The van der Waals surface area contributed by atoms with Crippen molar-refractivity contribution in [3.63, 3.8) is 0 Å². The summed E-state index contributed by atoms with van der Waals surface area (Å²) in [6.45, 7) is 3.04. The van der Waals surface area contributed by atoms with E-state index in [-0.39, 0.29) is 11.6 Å². The van der Waals surface area contributed by atoms with Gasteiger partial charge >= 0.3 is 0 Å². The fourth-order valence-corrected chi connectivity index (χ4v) is 3.37. The second-order valence-corrected chi connectivity index (χ2v) is 6.70. The van der Waals surface area contributed by atoms with Crippen LogP contribution in [0, 0.1) is 12.7 Å². The molecule has 0 atom stereocenters. The molecule has 0 aliphatic carbocycles. The SMILES string of the molecule is Cc1cn(-c2ccc(N3CCC(=O)CC3)c(F)c2)nc1-c1cccnc1N. The molecule has 0 spiro atoms. The number of rotatable bonds is 3. The normalized spacial score (nSPS) is 14.6. The number of carbonyl (C=O) groups is 1. The molecule has 27 heavy (non-hydrogen) atoms. The average Bonchev–Trinajstić information content (AvgIpc) is 3.04. The lowest BCUT2D eigenvalue weighted by Crippen LogP contribution is -2.34. The maximum absolute atomic E-state index is 14.7. The molecule has 0 unspecified atom stereocenters. The molecule has 1 fully saturated rings. The molecule has 4 rings (SSSR count). The number of ketones is 1. The minimum Gasteiger partial charge on any atom is -0.383 e. The topological polar surface area (TPSA) is 77.0 Å². The fraction of sp³-hybridized carbons (Fsp3) is 0.250. The predicted octanol–water partition coefficient (Wildman–Crippen LogP) is 3.13. The summed E-state index contributed by atoms with van der Waals surface area (Å²) in [7, 11) is 0. The number of aryl methyl sites for hydroxylation is 1. The van der Waals surface area contributed by atoms with Gasteiger partial charge in [0.1, 0.15) is 17.4 Å². The molecule has 6 nitrogen and oxygen atoms in total. The molecule has 3 heterocycles. The van der Waals surface area contributed by atoms with Crippen LogP contribution >= 0.6 is 0 Å². The van der Waals surface area contributed by atoms with Crippen molar-refractivity contribution < 1.29 is 9.18 Å². The van der Waals surface area contributed by atoms with Crippen molar-refractivity contribution in [1.82, 2.24) is 14.8 Å². The minimum atomic E-state index is -0.322. The van der Waals surface area contributed by atoms with Crippen LogP contribution in [0.3, 0.4) is 0 Å². The number of Topliss-reactive ketones (excluding diaryl/α,β-unsaturated/α-hetero) is 1. The summed E-state index contributed by atoms with van der Waals surface area (Å²) in [4.78, 5) is 17.4. The highest BCUT2D eigenvalue weighted by Crippen LogP contribution is 2.28. The highest BCUT2D eigenvalue weighted by atomic mass is 19.1. The molecule has 0 amide bonds. The Morgan fingerprint density at radius 3 is 2.67 bits per heavy atom. The van der Waals surface area contributed by atoms with Gasteiger partial charge in [-0.3, -0.25) is 4.79 Å². The van der Waals surface area contributed by atoms with E-state index in [1.54, 1.807) is 16.9 Å². The van der Waals surface area contributed by atoms with Crippen LogP contribution in [0.15, 0.2) is 42.7 Å². The molecule has 1 aromatic carbocycles. The van der Waals surface area contributed by atoms with Gasteiger partial charge < -0.3 is 10.6 Å². The standard InChI is InChI=1S/C20H20FN5O/c1-13-12-26(24-19(13)16-3-2-8-23-20(16)22)14-4-5-18(17(21)11-14)25-9-6-15(27)7-10-25/h2-5,8,11-12H,6-7,9-10H2,1H3,(H2,22,23). The van der Waals surface area contributed by atoms with E-state index in [9.17, 15) is 9.18 Å². The van der Waals surface area contributed by atoms with Gasteiger partial charge in [-0.25, -0.2) is 14.1 Å². The molecule has 7 heteroatoms. The third-order valence-corrected chi connectivity index (χ3v) is 4.85. The van der Waals surface area contributed by atoms with E-state index < -0.39 is 0 Å². The number of hydrogen-bond donors (Lipinski definition) is 1. The number of nitrogens with two attached hydrogens (primary N) is 1. The highest BCUT2D eigenvalue weighted by Gasteiger charge is 2.20. The maximum atomic E-state index is 14.7. The molecule has 1 aliphatic heterocycles. The van der Waals surface area contributed by atoms with Crippen molar-refractivity contribution >= 4 is 17.3 Å². The summed E-state index contributed by atoms with van der Waals surface area (Å²) >= 11 is 0. The van der Waals surface area contributed by atoms with E-state index in [1.165, 1.54) is 6.07 Å². The molecule has 0 bridgehead atoms. The van der Waals surface area contributed by atoms with Gasteiger partial charge in [-0.05, 0) is 36.8 Å². The molecular formula is C20H20FN5O. The van der Waals surface area contributed by atoms with Crippen molar-refractivity contribution in [2.75, 3.05) is 23.7 Å². The molecule has 1 aliphatic rings. The minimum absolute atomic E-state index is 0.234. The molecule has 2 aromatic heterocycles. The van der Waals surface area contributed by atoms with Crippen LogP contribution in [0.2, 0.25) is 0 Å². The van der Waals surface area contributed by atoms with Gasteiger partial charge in [0.15, 0.2) is 0 Å². The third kappa shape index (κ3) is 3.28. The van der Waals surface area contributed by atoms with Crippen LogP contribution in [0.4, 0.5) is 15.9 Å². The Morgan fingerprint density at radius 2 is 1.96 bits per heavy atom. The number of nitrogen functional groups attached to an aromatic ring is 1. The van der Waals surface area contributed by atoms with Crippen LogP contribution in [-0.2, 0) is 4.79 Å². The second kappa shape index (κ2) is 6.83. The molecule has 1 saturated heterocycles. The highest BCUT2D eigenvalue weighted by molar-refractivity contribution is 5.81. The van der Waals surface area contributed by atoms with Crippen molar-refractivity contribution in [1.29, 1.82) is 0 Å². The first-order valence-electron chi connectivity index (χ1n) is 8.86. The number of piperidine rings is 1. The summed E-state index contributed by atoms with van der Waals surface area (Å²) in [6.07, 6.45) is 4.41. The first-order valence-corrected chi connectivity index (χ1v) is 8.86. The quantitative estimate of drug-likeness (QED) is 0.772. The zero-order valence-electron chi connectivity index (χ0n) is 15.0. The Bertz CT molecular complexity index is 1000. The average molecular weight is 365 g/mol. The second-order valence-electron chi connectivity index (χ2n) is 6.70. The summed E-state index contributed by atoms with van der Waals surface area (Å²) in [6, 6.07) is 8.72. The van der Waals surface area contributed by atoms with Gasteiger partial charge in [0.25, 0.3) is 0 Å². The van der Waals surface area contributed by atoms with Crippen molar-refractivity contribution in [2.45, 2.75) is 19.8 Å². The van der Waals surface area contributed by atoms with E-state index >= 15 is 0 Å². The Balaban J connectivity index is 1.65. The van der Waals surface area contributed by atoms with Gasteiger partial charge in [0.2, 0.25) is 0 Å². The van der Waals surface area contributed by atoms with Crippen molar-refractivity contribution in [3.05, 3.63) is 54.1 Å². The van der Waals surface area contributed by atoms with Crippen molar-refractivity contribution in [2.24, 2.45) is 0 Å². The van der Waals surface area contributed by atoms with Crippen molar-refractivity contribution in [3.8, 4) is 16.9 Å². The number of halogens is 1. The largest absolute Gasteiger partial charge is 0.383 e. The maximum Gasteiger partial charge on any atom is 0.148 e. The predicted molar refractivity (Wildman–Crippen MR) is 102 cm³/mol. The summed E-state index contributed by atoms with van der Waals surface area (Å²) in [5, 5.41) is 4.58. The van der Waals surface area contributed by atoms with Crippen LogP contribution < -0.4 is 10.6 Å². The van der Waals surface area contributed by atoms with Gasteiger partial charge in [-0.15, -0.1) is 0 Å². The summed E-state index contributed by atoms with van der Waals surface area (Å²) in [5.41, 5.74) is 9.50. The summed E-state index contributed by atoms with van der Waals surface area (Å²) < 4.78 is 16.4. The molecule has 138 valence electrons. The molecule has 2 N–H and O–H groups in total. The number of carbonyl (C=O) groups excluding carboxylic acids is 1. The lowest BCUT2D eigenvalue weighted by Gasteiger charge is -2.28. The first-order chi connectivity index (χ1) is 13.0. The first kappa shape index (κ1) is 17.2. The Kier molecular flexibility index (Phi) is 4.35. The molecule has 0 radical (unpaired) electrons. The Hall–Kier alpha value is -3.22. The number of nitrogens with zero attached hydrogens (tertiary/aromatic N) is 4. The zero-order chi connectivity index (χ0) is 19.0. The molecule has 0 saturated carbocycles. The lowest BCUT2D eigenvalue weighted by atomic mass is 10.1. The fourth-order valence-electron chi connectivity index (χ4n) is 3.37. The van der Waals surface area contributed by atoms with Crippen LogP contribution in [-0.4, -0.2) is 33.6 Å². The van der Waals surface area contributed by atoms with Gasteiger partial charge in [-0.1, -0.05) is 0 Å². The van der Waals surface area contributed by atoms with Crippen LogP contribution in [0.1, 0.15) is 18.4 Å². The lowest BCUT2D eigenvalue weighted by molar-refractivity contribution is -0.119. The Labute approximate surface area is 156 Å². The Morgan fingerprint density at radius 1 is 1.19 bits per heavy atom. The van der Waals surface area contributed by atoms with E-state index in [2.05, 4.69) is 10.1 Å². The monoisotopic (exact) mass is 365 g/mol. The van der Waals surface area contributed by atoms with Crippen LogP contribution in [0.5, 0.6) is 0 Å². The van der Waals surface area contributed by atoms with E-state index in [0.717, 1.165) is 16.8 Å². The number of pyridine rings is 1. The van der Waals surface area contributed by atoms with Gasteiger partial charge in [0.05, 0.1) is 17.1 Å². The van der Waals surface area contributed by atoms with E-state index in [4.69, 9.17) is 5.73 Å². The van der Waals surface area contributed by atoms with E-state index in [0.29, 0.717) is 43.1 Å². The number of benzene rings is 1. The molecule has 3 aromatic rings. The number of hydrogen-bond acceptors (Lipinski definition) is 5. The third-order valence-electron chi connectivity index (χ3n) is 4.85. The zero-order valence-corrected chi connectivity index (χ0v) is 15.0. The van der Waals surface area contributed by atoms with Gasteiger partial charge in [-0.2, -0.15) is 5.10 Å². The van der Waals surface area contributed by atoms with E-state index in [1.807, 2.05) is 36.2 Å². The smallest absolute Gasteiger partial charge is 0.148 e. The number of anilines is 2. The van der Waals surface area contributed by atoms with Gasteiger partial charge in [0, 0.05) is 50.0 Å².